The van der Waals surface area contributed by atoms with E-state index in [4.69, 9.17) is 4.74 Å². The Morgan fingerprint density at radius 2 is 2.00 bits per heavy atom. The van der Waals surface area contributed by atoms with Gasteiger partial charge in [-0.05, 0) is 20.0 Å². The van der Waals surface area contributed by atoms with Crippen LogP contribution in [0.3, 0.4) is 0 Å². The third-order valence-electron chi connectivity index (χ3n) is 5.19. The van der Waals surface area contributed by atoms with Crippen LogP contribution < -0.4 is 0 Å². The number of nitro groups is 1. The zero-order valence-corrected chi connectivity index (χ0v) is 14.7. The number of carboxylic acids is 1. The Bertz CT molecular complexity index is 757. The first-order valence-corrected chi connectivity index (χ1v) is 8.39. The van der Waals surface area contributed by atoms with E-state index >= 15 is 0 Å². The topological polar surface area (TPSA) is 113 Å². The van der Waals surface area contributed by atoms with Crippen LogP contribution in [0.2, 0.25) is 0 Å². The molecule has 2 aliphatic heterocycles. The van der Waals surface area contributed by atoms with Crippen LogP contribution in [0.5, 0.6) is 0 Å². The summed E-state index contributed by atoms with van der Waals surface area (Å²) in [4.78, 5) is 38.8. The van der Waals surface area contributed by atoms with Crippen molar-refractivity contribution in [3.63, 3.8) is 0 Å². The van der Waals surface area contributed by atoms with Gasteiger partial charge in [-0.3, -0.25) is 19.8 Å². The van der Waals surface area contributed by atoms with E-state index in [9.17, 15) is 24.8 Å². The highest BCUT2D eigenvalue weighted by Gasteiger charge is 2.53. The molecule has 1 amide bonds. The zero-order chi connectivity index (χ0) is 19.1. The van der Waals surface area contributed by atoms with Crippen LogP contribution >= 0.6 is 0 Å². The Morgan fingerprint density at radius 3 is 2.58 bits per heavy atom. The van der Waals surface area contributed by atoms with Crippen LogP contribution in [-0.4, -0.2) is 70.2 Å². The number of piperidine rings is 1. The molecular formula is C17H21N3O6. The molecule has 0 aromatic heterocycles. The molecule has 140 valence electrons. The molecule has 3 rings (SSSR count). The molecule has 2 aliphatic rings. The van der Waals surface area contributed by atoms with Crippen molar-refractivity contribution in [1.29, 1.82) is 0 Å². The summed E-state index contributed by atoms with van der Waals surface area (Å²) < 4.78 is 5.82. The zero-order valence-electron chi connectivity index (χ0n) is 14.7. The van der Waals surface area contributed by atoms with Gasteiger partial charge in [0.15, 0.2) is 6.04 Å². The molecule has 0 aliphatic carbocycles. The second-order valence-corrected chi connectivity index (χ2v) is 6.85. The predicted molar refractivity (Wildman–Crippen MR) is 90.8 cm³/mol. The summed E-state index contributed by atoms with van der Waals surface area (Å²) in [5.74, 6) is -1.70. The largest absolute Gasteiger partial charge is 0.480 e. The van der Waals surface area contributed by atoms with Gasteiger partial charge in [0.2, 0.25) is 0 Å². The van der Waals surface area contributed by atoms with Crippen LogP contribution in [0.25, 0.3) is 0 Å². The maximum absolute atomic E-state index is 13.1. The number of nitrogens with zero attached hydrogens (tertiary/aromatic N) is 3. The van der Waals surface area contributed by atoms with Gasteiger partial charge >= 0.3 is 5.97 Å². The molecule has 0 bridgehead atoms. The van der Waals surface area contributed by atoms with E-state index < -0.39 is 28.6 Å². The molecule has 1 aromatic carbocycles. The average molecular weight is 363 g/mol. The van der Waals surface area contributed by atoms with E-state index in [0.717, 1.165) is 0 Å². The van der Waals surface area contributed by atoms with Gasteiger partial charge < -0.3 is 14.7 Å². The normalized spacial score (nSPS) is 22.5. The molecule has 2 fully saturated rings. The maximum Gasteiger partial charge on any atom is 0.328 e. The third-order valence-corrected chi connectivity index (χ3v) is 5.19. The van der Waals surface area contributed by atoms with Crippen molar-refractivity contribution in [2.45, 2.75) is 31.5 Å². The average Bonchev–Trinajstić information content (AvgIpc) is 2.96. The number of nitro benzene ring substituents is 1. The molecule has 0 saturated carbocycles. The first-order valence-electron chi connectivity index (χ1n) is 8.39. The van der Waals surface area contributed by atoms with Crippen molar-refractivity contribution in [3.8, 4) is 0 Å². The molecule has 0 radical (unpaired) electrons. The highest BCUT2D eigenvalue weighted by atomic mass is 16.6. The number of carbonyl (C=O) groups is 2. The van der Waals surface area contributed by atoms with Crippen molar-refractivity contribution < 1.29 is 24.4 Å². The number of carbonyl (C=O) groups excluding carboxylic acids is 1. The number of aliphatic carboxylic acids is 1. The molecule has 1 N–H and O–H groups in total. The Labute approximate surface area is 150 Å². The van der Waals surface area contributed by atoms with Gasteiger partial charge in [-0.25, -0.2) is 4.79 Å². The Balaban J connectivity index is 1.99. The number of hydrogen-bond donors (Lipinski definition) is 1. The van der Waals surface area contributed by atoms with Crippen LogP contribution in [0.15, 0.2) is 18.2 Å². The molecule has 2 saturated heterocycles. The number of hydrogen-bond acceptors (Lipinski definition) is 6. The molecule has 1 aromatic rings. The molecule has 9 heteroatoms. The van der Waals surface area contributed by atoms with E-state index in [-0.39, 0.29) is 17.9 Å². The highest BCUT2D eigenvalue weighted by Crippen LogP contribution is 2.38. The first kappa shape index (κ1) is 18.3. The predicted octanol–water partition coefficient (Wildman–Crippen LogP) is 1.25. The fourth-order valence-corrected chi connectivity index (χ4v) is 3.60. The van der Waals surface area contributed by atoms with Crippen LogP contribution in [0.4, 0.5) is 5.69 Å². The summed E-state index contributed by atoms with van der Waals surface area (Å²) in [5, 5.41) is 20.7. The SMILES string of the molecule is Cc1ccc(C(=O)N2[C@@H](C(=O)O)COC23CCN(C)CC3)cc1[N+](=O)[O-]. The van der Waals surface area contributed by atoms with Gasteiger partial charge in [-0.15, -0.1) is 0 Å². The lowest BCUT2D eigenvalue weighted by Gasteiger charge is -2.43. The molecule has 9 nitrogen and oxygen atoms in total. The molecule has 0 unspecified atom stereocenters. The summed E-state index contributed by atoms with van der Waals surface area (Å²) >= 11 is 0. The number of aryl methyl sites for hydroxylation is 1. The Hall–Kier alpha value is -2.52. The second kappa shape index (κ2) is 6.65. The van der Waals surface area contributed by atoms with Gasteiger partial charge in [0.1, 0.15) is 5.72 Å². The lowest BCUT2D eigenvalue weighted by molar-refractivity contribution is -0.385. The smallest absolute Gasteiger partial charge is 0.328 e. The molecule has 1 atom stereocenters. The standard InChI is InChI=1S/C17H21N3O6/c1-11-3-4-12(9-13(11)20(24)25)15(21)19-14(16(22)23)10-26-17(19)5-7-18(2)8-6-17/h3-4,9,14H,5-8,10H2,1-2H3,(H,22,23)/t14-/m1/s1. The van der Waals surface area contributed by atoms with Crippen LogP contribution in [0, 0.1) is 17.0 Å². The summed E-state index contributed by atoms with van der Waals surface area (Å²) in [5.41, 5.74) is -0.614. The number of carboxylic acid groups (broad SMARTS) is 1. The summed E-state index contributed by atoms with van der Waals surface area (Å²) in [6, 6.07) is 3.09. The number of ether oxygens (including phenoxy) is 1. The highest BCUT2D eigenvalue weighted by molar-refractivity contribution is 5.98. The molecular weight excluding hydrogens is 342 g/mol. The second-order valence-electron chi connectivity index (χ2n) is 6.85. The monoisotopic (exact) mass is 363 g/mol. The molecule has 2 heterocycles. The first-order chi connectivity index (χ1) is 12.2. The van der Waals surface area contributed by atoms with Crippen LogP contribution in [-0.2, 0) is 9.53 Å². The Kier molecular flexibility index (Phi) is 4.68. The van der Waals surface area contributed by atoms with Crippen molar-refractivity contribution in [3.05, 3.63) is 39.4 Å². The van der Waals surface area contributed by atoms with E-state index in [2.05, 4.69) is 4.90 Å². The third kappa shape index (κ3) is 3.04. The van der Waals surface area contributed by atoms with Gasteiger partial charge in [-0.1, -0.05) is 6.07 Å². The van der Waals surface area contributed by atoms with Crippen molar-refractivity contribution in [2.24, 2.45) is 0 Å². The summed E-state index contributed by atoms with van der Waals surface area (Å²) in [6.45, 7) is 2.84. The van der Waals surface area contributed by atoms with Crippen molar-refractivity contribution in [2.75, 3.05) is 26.7 Å². The maximum atomic E-state index is 13.1. The fourth-order valence-electron chi connectivity index (χ4n) is 3.60. The van der Waals surface area contributed by atoms with Gasteiger partial charge in [0.05, 0.1) is 11.5 Å². The van der Waals surface area contributed by atoms with Gasteiger partial charge in [0, 0.05) is 43.1 Å². The van der Waals surface area contributed by atoms with Gasteiger partial charge in [-0.2, -0.15) is 0 Å². The minimum Gasteiger partial charge on any atom is -0.480 e. The lowest BCUT2D eigenvalue weighted by Crippen LogP contribution is -2.57. The van der Waals surface area contributed by atoms with Crippen molar-refractivity contribution in [1.82, 2.24) is 9.80 Å². The van der Waals surface area contributed by atoms with Crippen molar-refractivity contribution >= 4 is 17.6 Å². The summed E-state index contributed by atoms with van der Waals surface area (Å²) in [7, 11) is 1.95. The minimum atomic E-state index is -1.14. The van der Waals surface area contributed by atoms with E-state index in [1.54, 1.807) is 6.92 Å². The Morgan fingerprint density at radius 1 is 1.35 bits per heavy atom. The quantitative estimate of drug-likeness (QED) is 0.635. The van der Waals surface area contributed by atoms with E-state index in [1.165, 1.54) is 23.1 Å². The number of rotatable bonds is 3. The number of benzene rings is 1. The number of likely N-dealkylation sites (tertiary alicyclic amines) is 1. The number of amides is 1. The van der Waals surface area contributed by atoms with Crippen LogP contribution in [0.1, 0.15) is 28.8 Å². The van der Waals surface area contributed by atoms with E-state index in [1.807, 2.05) is 7.05 Å². The molecule has 1 spiro atoms. The minimum absolute atomic E-state index is 0.0846. The lowest BCUT2D eigenvalue weighted by atomic mass is 9.97. The fraction of sp³-hybridized carbons (Fsp3) is 0.529. The van der Waals surface area contributed by atoms with Gasteiger partial charge in [0.25, 0.3) is 11.6 Å². The molecule has 26 heavy (non-hydrogen) atoms. The summed E-state index contributed by atoms with van der Waals surface area (Å²) in [6.07, 6.45) is 0.986. The van der Waals surface area contributed by atoms with E-state index in [0.29, 0.717) is 31.5 Å².